The molecule has 9 heteroatoms. The van der Waals surface area contributed by atoms with Crippen LogP contribution in [0.2, 0.25) is 0 Å². The highest BCUT2D eigenvalue weighted by atomic mass is 16.6. The van der Waals surface area contributed by atoms with Crippen molar-refractivity contribution in [2.24, 2.45) is 0 Å². The minimum absolute atomic E-state index is 0.140. The number of H-pyrrole nitrogens is 1. The Hall–Kier alpha value is -4.11. The Morgan fingerprint density at radius 1 is 1.25 bits per heavy atom. The molecule has 0 spiro atoms. The first-order chi connectivity index (χ1) is 19.2. The fourth-order valence-corrected chi connectivity index (χ4v) is 4.95. The lowest BCUT2D eigenvalue weighted by Crippen LogP contribution is -2.32. The largest absolute Gasteiger partial charge is 0.508 e. The molecule has 1 unspecified atom stereocenters. The van der Waals surface area contributed by atoms with Gasteiger partial charge in [0.05, 0.1) is 11.2 Å². The summed E-state index contributed by atoms with van der Waals surface area (Å²) in [5, 5.41) is 18.7. The van der Waals surface area contributed by atoms with E-state index >= 15 is 0 Å². The highest BCUT2D eigenvalue weighted by Gasteiger charge is 2.23. The average Bonchev–Trinajstić information content (AvgIpc) is 3.55. The van der Waals surface area contributed by atoms with Gasteiger partial charge in [0, 0.05) is 24.7 Å². The molecule has 3 heterocycles. The molecule has 1 fully saturated rings. The van der Waals surface area contributed by atoms with Crippen molar-refractivity contribution in [3.05, 3.63) is 59.9 Å². The number of hydrogen-bond donors (Lipinski definition) is 3. The fraction of sp³-hybridized carbons (Fsp3) is 0.387. The Bertz CT molecular complexity index is 1520. The van der Waals surface area contributed by atoms with Crippen LogP contribution in [-0.4, -0.2) is 49.7 Å². The van der Waals surface area contributed by atoms with Gasteiger partial charge in [-0.2, -0.15) is 5.10 Å². The standard InChI is InChI=1S/C31H37N5O4/c1-5-20-17-23(37)12-14-24(20)21-11-13-25-26(18-21)36(27-10-6-7-16-39-27)35-28(25)29-33-19-22(34-29)9-8-15-32-30(38)40-31(2,3)4/h8-9,11-14,17-19,27,37H,5-7,10,15-16H2,1-4H3,(H,32,38)(H,33,34)/b9-8+. The number of alkyl carbamates (subject to hydrolysis) is 1. The highest BCUT2D eigenvalue weighted by molar-refractivity contribution is 5.94. The number of amides is 1. The lowest BCUT2D eigenvalue weighted by molar-refractivity contribution is -0.0365. The topological polar surface area (TPSA) is 114 Å². The van der Waals surface area contributed by atoms with E-state index in [-0.39, 0.29) is 12.0 Å². The normalized spacial score (nSPS) is 16.1. The lowest BCUT2D eigenvalue weighted by Gasteiger charge is -2.23. The van der Waals surface area contributed by atoms with Gasteiger partial charge in [-0.3, -0.25) is 0 Å². The number of aryl methyl sites for hydroxylation is 1. The van der Waals surface area contributed by atoms with Crippen molar-refractivity contribution in [2.45, 2.75) is 65.2 Å². The first kappa shape index (κ1) is 27.5. The molecule has 2 aromatic heterocycles. The molecule has 0 saturated carbocycles. The van der Waals surface area contributed by atoms with Crippen LogP contribution in [0.5, 0.6) is 5.75 Å². The van der Waals surface area contributed by atoms with Crippen LogP contribution in [0.1, 0.15) is 64.4 Å². The van der Waals surface area contributed by atoms with E-state index in [2.05, 4.69) is 35.4 Å². The third-order valence-electron chi connectivity index (χ3n) is 6.79. The monoisotopic (exact) mass is 543 g/mol. The SMILES string of the molecule is CCc1cc(O)ccc1-c1ccc2c(-c3nc(/C=C/CNC(=O)OC(C)(C)C)c[nH]3)nn(C3CCCCO3)c2c1. The molecular formula is C31H37N5O4. The number of aromatic hydroxyl groups is 1. The Balaban J connectivity index is 1.44. The van der Waals surface area contributed by atoms with E-state index in [1.807, 2.05) is 55.9 Å². The molecule has 210 valence electrons. The second-order valence-electron chi connectivity index (χ2n) is 11.0. The molecule has 2 aromatic carbocycles. The van der Waals surface area contributed by atoms with Gasteiger partial charge in [0.25, 0.3) is 0 Å². The van der Waals surface area contributed by atoms with Crippen molar-refractivity contribution in [1.29, 1.82) is 0 Å². The molecule has 1 amide bonds. The molecule has 0 radical (unpaired) electrons. The van der Waals surface area contributed by atoms with Crippen LogP contribution < -0.4 is 5.32 Å². The summed E-state index contributed by atoms with van der Waals surface area (Å²) < 4.78 is 13.4. The van der Waals surface area contributed by atoms with Crippen LogP contribution in [0.4, 0.5) is 4.79 Å². The predicted octanol–water partition coefficient (Wildman–Crippen LogP) is 6.60. The van der Waals surface area contributed by atoms with Gasteiger partial charge in [0.2, 0.25) is 0 Å². The summed E-state index contributed by atoms with van der Waals surface area (Å²) in [6, 6.07) is 11.9. The maximum atomic E-state index is 11.9. The summed E-state index contributed by atoms with van der Waals surface area (Å²) in [4.78, 5) is 19.9. The van der Waals surface area contributed by atoms with E-state index in [1.54, 1.807) is 6.07 Å². The van der Waals surface area contributed by atoms with Crippen LogP contribution in [-0.2, 0) is 15.9 Å². The number of carbonyl (C=O) groups is 1. The molecule has 0 aliphatic carbocycles. The molecule has 1 atom stereocenters. The van der Waals surface area contributed by atoms with Gasteiger partial charge >= 0.3 is 6.09 Å². The second-order valence-corrected chi connectivity index (χ2v) is 11.0. The summed E-state index contributed by atoms with van der Waals surface area (Å²) in [7, 11) is 0. The number of ether oxygens (including phenoxy) is 2. The van der Waals surface area contributed by atoms with E-state index in [9.17, 15) is 9.90 Å². The third kappa shape index (κ3) is 6.20. The molecule has 1 aliphatic rings. The zero-order chi connectivity index (χ0) is 28.3. The van der Waals surface area contributed by atoms with Gasteiger partial charge in [0.15, 0.2) is 12.1 Å². The number of nitrogens with one attached hydrogen (secondary N) is 2. The van der Waals surface area contributed by atoms with E-state index < -0.39 is 11.7 Å². The Morgan fingerprint density at radius 3 is 2.85 bits per heavy atom. The summed E-state index contributed by atoms with van der Waals surface area (Å²) >= 11 is 0. The van der Waals surface area contributed by atoms with Crippen LogP contribution in [0.25, 0.3) is 39.6 Å². The summed E-state index contributed by atoms with van der Waals surface area (Å²) in [6.45, 7) is 8.62. The number of rotatable bonds is 7. The number of nitrogens with zero attached hydrogens (tertiary/aromatic N) is 3. The molecule has 5 rings (SSSR count). The quantitative estimate of drug-likeness (QED) is 0.242. The smallest absolute Gasteiger partial charge is 0.407 e. The Labute approximate surface area is 234 Å². The third-order valence-corrected chi connectivity index (χ3v) is 6.79. The summed E-state index contributed by atoms with van der Waals surface area (Å²) in [5.74, 6) is 0.929. The van der Waals surface area contributed by atoms with E-state index in [4.69, 9.17) is 19.6 Å². The minimum atomic E-state index is -0.539. The van der Waals surface area contributed by atoms with Crippen LogP contribution >= 0.6 is 0 Å². The van der Waals surface area contributed by atoms with E-state index in [0.717, 1.165) is 64.7 Å². The van der Waals surface area contributed by atoms with Gasteiger partial charge in [-0.15, -0.1) is 0 Å². The maximum absolute atomic E-state index is 11.9. The van der Waals surface area contributed by atoms with Gasteiger partial charge in [-0.25, -0.2) is 14.5 Å². The summed E-state index contributed by atoms with van der Waals surface area (Å²) in [6.07, 6.45) is 8.74. The first-order valence-corrected chi connectivity index (χ1v) is 13.9. The number of phenols is 1. The minimum Gasteiger partial charge on any atom is -0.508 e. The molecule has 4 aromatic rings. The van der Waals surface area contributed by atoms with Crippen molar-refractivity contribution in [1.82, 2.24) is 25.1 Å². The molecule has 40 heavy (non-hydrogen) atoms. The number of fused-ring (bicyclic) bond motifs is 1. The number of benzene rings is 2. The number of phenolic OH excluding ortho intramolecular Hbond substituents is 1. The molecule has 0 bridgehead atoms. The van der Waals surface area contributed by atoms with Gasteiger partial charge in [-0.1, -0.05) is 25.1 Å². The van der Waals surface area contributed by atoms with Crippen LogP contribution in [0, 0.1) is 0 Å². The van der Waals surface area contributed by atoms with Crippen LogP contribution in [0.3, 0.4) is 0 Å². The molecule has 1 saturated heterocycles. The number of hydrogen-bond acceptors (Lipinski definition) is 6. The zero-order valence-electron chi connectivity index (χ0n) is 23.5. The Morgan fingerprint density at radius 2 is 2.10 bits per heavy atom. The van der Waals surface area contributed by atoms with Gasteiger partial charge in [0.1, 0.15) is 17.0 Å². The maximum Gasteiger partial charge on any atom is 0.407 e. The van der Waals surface area contributed by atoms with Gasteiger partial charge in [-0.05, 0) is 93.5 Å². The highest BCUT2D eigenvalue weighted by Crippen LogP contribution is 2.36. The van der Waals surface area contributed by atoms with Crippen molar-refractivity contribution in [2.75, 3.05) is 13.2 Å². The Kier molecular flexibility index (Phi) is 7.93. The summed E-state index contributed by atoms with van der Waals surface area (Å²) in [5.41, 5.74) is 5.16. The zero-order valence-corrected chi connectivity index (χ0v) is 23.5. The molecular weight excluding hydrogens is 506 g/mol. The van der Waals surface area contributed by atoms with Crippen molar-refractivity contribution >= 4 is 23.1 Å². The van der Waals surface area contributed by atoms with E-state index in [0.29, 0.717) is 19.0 Å². The first-order valence-electron chi connectivity index (χ1n) is 13.9. The molecule has 3 N–H and O–H groups in total. The number of carbonyl (C=O) groups excluding carboxylic acids is 1. The number of imidazole rings is 1. The van der Waals surface area contributed by atoms with E-state index in [1.165, 1.54) is 0 Å². The van der Waals surface area contributed by atoms with Crippen molar-refractivity contribution in [3.63, 3.8) is 0 Å². The van der Waals surface area contributed by atoms with Gasteiger partial charge < -0.3 is 24.9 Å². The van der Waals surface area contributed by atoms with Crippen molar-refractivity contribution in [3.8, 4) is 28.4 Å². The van der Waals surface area contributed by atoms with Crippen molar-refractivity contribution < 1.29 is 19.4 Å². The number of aromatic nitrogens is 4. The molecule has 9 nitrogen and oxygen atoms in total. The molecule has 1 aliphatic heterocycles. The second kappa shape index (κ2) is 11.6. The lowest BCUT2D eigenvalue weighted by atomic mass is 9.96. The average molecular weight is 544 g/mol. The number of aromatic amines is 1. The predicted molar refractivity (Wildman–Crippen MR) is 156 cm³/mol. The van der Waals surface area contributed by atoms with Crippen LogP contribution in [0.15, 0.2) is 48.7 Å². The fourth-order valence-electron chi connectivity index (χ4n) is 4.95.